The van der Waals surface area contributed by atoms with Crippen molar-refractivity contribution in [3.8, 4) is 11.4 Å². The van der Waals surface area contributed by atoms with Crippen LogP contribution in [0.5, 0.6) is 0 Å². The van der Waals surface area contributed by atoms with Gasteiger partial charge in [0.15, 0.2) is 5.82 Å². The molecule has 31 heavy (non-hydrogen) atoms. The highest BCUT2D eigenvalue weighted by atomic mass is 32.2. The number of urea groups is 1. The molecule has 1 aromatic heterocycles. The van der Waals surface area contributed by atoms with Crippen LogP contribution in [0.2, 0.25) is 0 Å². The molecular formula is C22H27N5O3S. The third-order valence-electron chi connectivity index (χ3n) is 6.04. The molecular weight excluding hydrogens is 414 g/mol. The van der Waals surface area contributed by atoms with Crippen LogP contribution in [0.25, 0.3) is 11.4 Å². The van der Waals surface area contributed by atoms with Crippen LogP contribution in [-0.4, -0.2) is 52.1 Å². The van der Waals surface area contributed by atoms with E-state index in [9.17, 15) is 9.00 Å². The SMILES string of the molecule is CC1COCCN1c1nc(-c2ccc(NC(=O)NC3CC3)cc2)nc2c1CS(=O)C2C. The quantitative estimate of drug-likeness (QED) is 0.757. The third-order valence-corrected chi connectivity index (χ3v) is 7.62. The second-order valence-corrected chi connectivity index (χ2v) is 10.2. The summed E-state index contributed by atoms with van der Waals surface area (Å²) < 4.78 is 18.2. The minimum atomic E-state index is -0.980. The lowest BCUT2D eigenvalue weighted by atomic mass is 10.1. The monoisotopic (exact) mass is 441 g/mol. The number of hydrogen-bond donors (Lipinski definition) is 2. The number of nitrogens with one attached hydrogen (secondary N) is 2. The zero-order valence-corrected chi connectivity index (χ0v) is 18.6. The van der Waals surface area contributed by atoms with E-state index in [1.165, 1.54) is 0 Å². The molecule has 3 aliphatic rings. The van der Waals surface area contributed by atoms with Crippen molar-refractivity contribution in [1.29, 1.82) is 0 Å². The molecule has 3 heterocycles. The van der Waals surface area contributed by atoms with E-state index in [4.69, 9.17) is 14.7 Å². The molecule has 164 valence electrons. The zero-order valence-electron chi connectivity index (χ0n) is 17.8. The van der Waals surface area contributed by atoms with E-state index in [0.29, 0.717) is 30.8 Å². The Morgan fingerprint density at radius 1 is 1.19 bits per heavy atom. The molecule has 8 nitrogen and oxygen atoms in total. The molecule has 5 rings (SSSR count). The average molecular weight is 442 g/mol. The smallest absolute Gasteiger partial charge is 0.319 e. The second kappa shape index (κ2) is 8.20. The maximum Gasteiger partial charge on any atom is 0.319 e. The first-order valence-corrected chi connectivity index (χ1v) is 12.2. The van der Waals surface area contributed by atoms with Gasteiger partial charge in [-0.3, -0.25) is 4.21 Å². The van der Waals surface area contributed by atoms with Gasteiger partial charge in [0.25, 0.3) is 0 Å². The predicted octanol–water partition coefficient (Wildman–Crippen LogP) is 2.98. The van der Waals surface area contributed by atoms with Gasteiger partial charge in [-0.15, -0.1) is 0 Å². The van der Waals surface area contributed by atoms with E-state index in [1.54, 1.807) is 0 Å². The Balaban J connectivity index is 1.45. The Labute approximate surface area is 184 Å². The minimum Gasteiger partial charge on any atom is -0.377 e. The largest absolute Gasteiger partial charge is 0.377 e. The average Bonchev–Trinajstić information content (AvgIpc) is 3.53. The molecule has 1 saturated carbocycles. The first-order chi connectivity index (χ1) is 15.0. The van der Waals surface area contributed by atoms with Crippen molar-refractivity contribution in [2.45, 2.75) is 49.8 Å². The summed E-state index contributed by atoms with van der Waals surface area (Å²) in [7, 11) is -0.980. The zero-order chi connectivity index (χ0) is 21.5. The topological polar surface area (TPSA) is 96.4 Å². The lowest BCUT2D eigenvalue weighted by molar-refractivity contribution is 0.0984. The standard InChI is InChI=1S/C22H27N5O3S/c1-13-11-30-10-9-27(13)21-18-12-31(29)14(2)19(18)25-20(26-21)15-3-5-16(6-4-15)23-22(28)24-17-7-8-17/h3-6,13-14,17H,7-12H2,1-2H3,(H2,23,24,28). The number of anilines is 2. The summed E-state index contributed by atoms with van der Waals surface area (Å²) in [6, 6.07) is 7.88. The molecule has 9 heteroatoms. The van der Waals surface area contributed by atoms with E-state index >= 15 is 0 Å². The van der Waals surface area contributed by atoms with Gasteiger partial charge in [0.1, 0.15) is 5.82 Å². The van der Waals surface area contributed by atoms with Crippen LogP contribution in [0.3, 0.4) is 0 Å². The van der Waals surface area contributed by atoms with E-state index < -0.39 is 10.8 Å². The van der Waals surface area contributed by atoms with Crippen LogP contribution < -0.4 is 15.5 Å². The molecule has 0 radical (unpaired) electrons. The van der Waals surface area contributed by atoms with Crippen molar-refractivity contribution in [3.63, 3.8) is 0 Å². The molecule has 1 aromatic carbocycles. The third kappa shape index (κ3) is 4.16. The lowest BCUT2D eigenvalue weighted by Crippen LogP contribution is -2.44. The first kappa shape index (κ1) is 20.4. The summed E-state index contributed by atoms with van der Waals surface area (Å²) in [6.45, 7) is 6.15. The number of ether oxygens (including phenoxy) is 1. The Hall–Kier alpha value is -2.52. The van der Waals surface area contributed by atoms with Crippen LogP contribution >= 0.6 is 0 Å². The molecule has 2 amide bonds. The molecule has 3 unspecified atom stereocenters. The number of carbonyl (C=O) groups is 1. The number of nitrogens with zero attached hydrogens (tertiary/aromatic N) is 3. The molecule has 2 N–H and O–H groups in total. The van der Waals surface area contributed by atoms with E-state index in [0.717, 1.165) is 47.7 Å². The summed E-state index contributed by atoms with van der Waals surface area (Å²) in [4.78, 5) is 24.0. The molecule has 1 saturated heterocycles. The number of rotatable bonds is 4. The Morgan fingerprint density at radius 2 is 1.97 bits per heavy atom. The summed E-state index contributed by atoms with van der Waals surface area (Å²) in [6.07, 6.45) is 2.10. The fourth-order valence-electron chi connectivity index (χ4n) is 4.05. The van der Waals surface area contributed by atoms with Gasteiger partial charge in [-0.05, 0) is 51.0 Å². The van der Waals surface area contributed by atoms with Gasteiger partial charge < -0.3 is 20.3 Å². The Morgan fingerprint density at radius 3 is 2.68 bits per heavy atom. The van der Waals surface area contributed by atoms with E-state index in [2.05, 4.69) is 22.5 Å². The van der Waals surface area contributed by atoms with Crippen molar-refractivity contribution in [1.82, 2.24) is 15.3 Å². The highest BCUT2D eigenvalue weighted by molar-refractivity contribution is 7.84. The molecule has 0 spiro atoms. The normalized spacial score (nSPS) is 25.2. The Bertz CT molecular complexity index is 1020. The van der Waals surface area contributed by atoms with Crippen LogP contribution in [0.1, 0.15) is 43.2 Å². The highest BCUT2D eigenvalue weighted by Crippen LogP contribution is 2.39. The van der Waals surface area contributed by atoms with Crippen molar-refractivity contribution in [2.24, 2.45) is 0 Å². The molecule has 3 atom stereocenters. The fraction of sp³-hybridized carbons (Fsp3) is 0.500. The minimum absolute atomic E-state index is 0.112. The fourth-order valence-corrected chi connectivity index (χ4v) is 5.30. The van der Waals surface area contributed by atoms with E-state index in [1.807, 2.05) is 31.2 Å². The number of aromatic nitrogens is 2. The maximum atomic E-state index is 12.6. The predicted molar refractivity (Wildman–Crippen MR) is 121 cm³/mol. The number of fused-ring (bicyclic) bond motifs is 1. The highest BCUT2D eigenvalue weighted by Gasteiger charge is 2.34. The maximum absolute atomic E-state index is 12.6. The van der Waals surface area contributed by atoms with Crippen molar-refractivity contribution in [2.75, 3.05) is 30.0 Å². The van der Waals surface area contributed by atoms with Crippen LogP contribution in [0.15, 0.2) is 24.3 Å². The van der Waals surface area contributed by atoms with Crippen LogP contribution in [0, 0.1) is 0 Å². The summed E-state index contributed by atoms with van der Waals surface area (Å²) >= 11 is 0. The van der Waals surface area contributed by atoms with Gasteiger partial charge in [-0.1, -0.05) is 0 Å². The van der Waals surface area contributed by atoms with Gasteiger partial charge in [0.2, 0.25) is 0 Å². The summed E-state index contributed by atoms with van der Waals surface area (Å²) in [5.41, 5.74) is 3.46. The van der Waals surface area contributed by atoms with Gasteiger partial charge in [0, 0.05) is 40.2 Å². The summed E-state index contributed by atoms with van der Waals surface area (Å²) in [5, 5.41) is 5.66. The van der Waals surface area contributed by atoms with Crippen molar-refractivity contribution < 1.29 is 13.7 Å². The number of morpholine rings is 1. The van der Waals surface area contributed by atoms with Gasteiger partial charge in [-0.25, -0.2) is 14.8 Å². The number of carbonyl (C=O) groups excluding carboxylic acids is 1. The summed E-state index contributed by atoms with van der Waals surface area (Å²) in [5.74, 6) is 1.99. The molecule has 2 aromatic rings. The molecule has 0 bridgehead atoms. The lowest BCUT2D eigenvalue weighted by Gasteiger charge is -2.35. The number of amides is 2. The Kier molecular flexibility index (Phi) is 5.39. The van der Waals surface area contributed by atoms with Crippen molar-refractivity contribution in [3.05, 3.63) is 35.5 Å². The van der Waals surface area contributed by atoms with Crippen molar-refractivity contribution >= 4 is 28.3 Å². The molecule has 1 aliphatic carbocycles. The van der Waals surface area contributed by atoms with Gasteiger partial charge in [0.05, 0.1) is 36.0 Å². The van der Waals surface area contributed by atoms with Gasteiger partial charge >= 0.3 is 6.03 Å². The van der Waals surface area contributed by atoms with E-state index in [-0.39, 0.29) is 17.3 Å². The number of benzene rings is 1. The first-order valence-electron chi connectivity index (χ1n) is 10.8. The molecule has 2 fully saturated rings. The number of hydrogen-bond acceptors (Lipinski definition) is 6. The second-order valence-electron chi connectivity index (χ2n) is 8.47. The van der Waals surface area contributed by atoms with Crippen LogP contribution in [0.4, 0.5) is 16.3 Å². The van der Waals surface area contributed by atoms with Crippen LogP contribution in [-0.2, 0) is 21.3 Å². The van der Waals surface area contributed by atoms with Gasteiger partial charge in [-0.2, -0.15) is 0 Å². The molecule has 2 aliphatic heterocycles.